The largest absolute Gasteiger partial charge is 0.398 e. The van der Waals surface area contributed by atoms with E-state index in [1.54, 1.807) is 6.07 Å². The Balaban J connectivity index is 1.63. The van der Waals surface area contributed by atoms with Gasteiger partial charge in [-0.25, -0.2) is 9.97 Å². The van der Waals surface area contributed by atoms with E-state index in [1.165, 1.54) is 13.1 Å². The first kappa shape index (κ1) is 25.2. The Morgan fingerprint density at radius 3 is 2.69 bits per heavy atom. The molecule has 4 rings (SSSR count). The number of hydrogen-bond acceptors (Lipinski definition) is 9. The van der Waals surface area contributed by atoms with Gasteiger partial charge in [-0.1, -0.05) is 24.3 Å². The summed E-state index contributed by atoms with van der Waals surface area (Å²) in [5.74, 6) is 1.09. The number of ether oxygens (including phenoxy) is 1. The number of nitrogen functional groups attached to an aromatic ring is 1. The first-order valence-corrected chi connectivity index (χ1v) is 12.0. The van der Waals surface area contributed by atoms with Gasteiger partial charge in [0, 0.05) is 61.0 Å². The number of amides is 1. The van der Waals surface area contributed by atoms with Crippen LogP contribution in [-0.2, 0) is 9.53 Å². The lowest BCUT2D eigenvalue weighted by Gasteiger charge is -2.29. The van der Waals surface area contributed by atoms with Gasteiger partial charge in [-0.3, -0.25) is 4.79 Å². The number of nitrogens with zero attached hydrogens (tertiary/aromatic N) is 3. The minimum absolute atomic E-state index is 0.115. The Labute approximate surface area is 215 Å². The molecule has 36 heavy (non-hydrogen) atoms. The molecule has 186 valence electrons. The van der Waals surface area contributed by atoms with Crippen molar-refractivity contribution in [2.24, 2.45) is 0 Å². The molecule has 1 saturated heterocycles. The molecule has 1 amide bonds. The minimum atomic E-state index is -0.115. The first-order chi connectivity index (χ1) is 17.5. The second kappa shape index (κ2) is 11.7. The van der Waals surface area contributed by atoms with Crippen LogP contribution >= 0.6 is 12.6 Å². The number of aromatic nitrogens is 2. The van der Waals surface area contributed by atoms with E-state index in [2.05, 4.69) is 15.5 Å². The van der Waals surface area contributed by atoms with Gasteiger partial charge in [0.05, 0.1) is 23.8 Å². The van der Waals surface area contributed by atoms with Crippen LogP contribution < -0.4 is 21.3 Å². The summed E-state index contributed by atoms with van der Waals surface area (Å²) in [4.78, 5) is 23.7. The normalized spacial score (nSPS) is 13.6. The zero-order chi connectivity index (χ0) is 25.5. The van der Waals surface area contributed by atoms with Crippen LogP contribution in [0.1, 0.15) is 18.2 Å². The molecule has 0 atom stereocenters. The number of nitrogens with two attached hydrogens (primary N) is 1. The van der Waals surface area contributed by atoms with Crippen LogP contribution in [0, 0.1) is 5.41 Å². The Morgan fingerprint density at radius 1 is 1.19 bits per heavy atom. The zero-order valence-corrected chi connectivity index (χ0v) is 20.9. The fraction of sp³-hybridized carbons (Fsp3) is 0.231. The highest BCUT2D eigenvalue weighted by Crippen LogP contribution is 2.31. The summed E-state index contributed by atoms with van der Waals surface area (Å²) in [5, 5.41) is 13.9. The van der Waals surface area contributed by atoms with Crippen molar-refractivity contribution in [2.75, 3.05) is 54.1 Å². The molecule has 0 bridgehead atoms. The van der Waals surface area contributed by atoms with Gasteiger partial charge in [-0.05, 0) is 30.3 Å². The lowest BCUT2D eigenvalue weighted by atomic mass is 10.1. The molecule has 0 unspecified atom stereocenters. The number of benzene rings is 2. The van der Waals surface area contributed by atoms with Gasteiger partial charge in [0.15, 0.2) is 5.82 Å². The molecule has 1 aliphatic rings. The molecule has 0 spiro atoms. The quantitative estimate of drug-likeness (QED) is 0.179. The Hall–Kier alpha value is -3.89. The van der Waals surface area contributed by atoms with Crippen LogP contribution in [-0.4, -0.2) is 54.9 Å². The van der Waals surface area contributed by atoms with E-state index in [0.29, 0.717) is 66.1 Å². The van der Waals surface area contributed by atoms with Crippen molar-refractivity contribution in [1.29, 1.82) is 5.41 Å². The Morgan fingerprint density at radius 2 is 1.94 bits per heavy atom. The molecule has 0 aliphatic carbocycles. The van der Waals surface area contributed by atoms with Crippen molar-refractivity contribution in [3.05, 3.63) is 59.8 Å². The number of nitrogens with one attached hydrogen (secondary N) is 3. The molecule has 0 radical (unpaired) electrons. The summed E-state index contributed by atoms with van der Waals surface area (Å²) in [7, 11) is 0. The van der Waals surface area contributed by atoms with Gasteiger partial charge >= 0.3 is 0 Å². The lowest BCUT2D eigenvalue weighted by Crippen LogP contribution is -2.37. The monoisotopic (exact) mass is 503 g/mol. The number of carbonyl (C=O) groups is 1. The highest BCUT2D eigenvalue weighted by Gasteiger charge is 2.20. The molecule has 2 heterocycles. The van der Waals surface area contributed by atoms with E-state index in [9.17, 15) is 4.79 Å². The summed E-state index contributed by atoms with van der Waals surface area (Å²) < 4.78 is 5.51. The highest BCUT2D eigenvalue weighted by atomic mass is 32.1. The van der Waals surface area contributed by atoms with E-state index in [4.69, 9.17) is 38.5 Å². The summed E-state index contributed by atoms with van der Waals surface area (Å²) in [6, 6.07) is 13.0. The molecular formula is C26H29N7O2S. The van der Waals surface area contributed by atoms with Gasteiger partial charge in [0.2, 0.25) is 5.91 Å². The third-order valence-electron chi connectivity index (χ3n) is 5.61. The molecule has 1 aromatic heterocycles. The fourth-order valence-electron chi connectivity index (χ4n) is 3.89. The van der Waals surface area contributed by atoms with Crippen LogP contribution in [0.25, 0.3) is 17.5 Å². The number of thiol groups is 1. The molecule has 0 saturated carbocycles. The van der Waals surface area contributed by atoms with E-state index in [1.807, 2.05) is 48.6 Å². The Bertz CT molecular complexity index is 1290. The Kier molecular flexibility index (Phi) is 8.19. The van der Waals surface area contributed by atoms with Crippen LogP contribution in [0.3, 0.4) is 0 Å². The van der Waals surface area contributed by atoms with Gasteiger partial charge in [0.25, 0.3) is 0 Å². The van der Waals surface area contributed by atoms with E-state index >= 15 is 0 Å². The lowest BCUT2D eigenvalue weighted by molar-refractivity contribution is -0.114. The van der Waals surface area contributed by atoms with E-state index in [0.717, 1.165) is 17.2 Å². The van der Waals surface area contributed by atoms with Crippen molar-refractivity contribution in [3.63, 3.8) is 0 Å². The number of carbonyl (C=O) groups excluding carboxylic acids is 1. The van der Waals surface area contributed by atoms with Crippen molar-refractivity contribution in [1.82, 2.24) is 9.97 Å². The van der Waals surface area contributed by atoms with Crippen molar-refractivity contribution >= 4 is 53.7 Å². The van der Waals surface area contributed by atoms with Crippen LogP contribution in [0.15, 0.2) is 53.4 Å². The smallest absolute Gasteiger partial charge is 0.221 e. The molecule has 9 nitrogen and oxygen atoms in total. The summed E-state index contributed by atoms with van der Waals surface area (Å²) in [6.07, 6.45) is 5.08. The van der Waals surface area contributed by atoms with Gasteiger partial charge in [-0.2, -0.15) is 0 Å². The fourth-order valence-corrected chi connectivity index (χ4v) is 4.20. The van der Waals surface area contributed by atoms with Crippen LogP contribution in [0.5, 0.6) is 0 Å². The van der Waals surface area contributed by atoms with Crippen molar-refractivity contribution in [2.45, 2.75) is 11.8 Å². The van der Waals surface area contributed by atoms with Gasteiger partial charge < -0.3 is 31.4 Å². The van der Waals surface area contributed by atoms with Crippen LogP contribution in [0.2, 0.25) is 0 Å². The number of anilines is 4. The standard InChI is InChI=1S/C26H29N7O2S/c1-17(34)30-19-6-2-5-18(15-19)29-10-4-9-23-24(36)26(33-11-13-35-14-12-33)32-25(31-23)20-7-3-8-22(28)21(20)16-27/h2-9,15-16,27,29,36H,10-14,28H2,1H3,(H,30,34)/b9-4+,27-16?. The predicted octanol–water partition coefficient (Wildman–Crippen LogP) is 3.93. The minimum Gasteiger partial charge on any atom is -0.398 e. The number of morpholine rings is 1. The third-order valence-corrected chi connectivity index (χ3v) is 6.04. The molecule has 10 heteroatoms. The number of hydrogen-bond donors (Lipinski definition) is 5. The molecule has 2 aromatic carbocycles. The average molecular weight is 504 g/mol. The van der Waals surface area contributed by atoms with Crippen LogP contribution in [0.4, 0.5) is 22.9 Å². The SMILES string of the molecule is CC(=O)Nc1cccc(NC/C=C/c2nc(-c3cccc(N)c3C=N)nc(N3CCOCC3)c2S)c1. The zero-order valence-electron chi connectivity index (χ0n) is 20.0. The maximum atomic E-state index is 11.3. The van der Waals surface area contributed by atoms with Crippen molar-refractivity contribution < 1.29 is 9.53 Å². The summed E-state index contributed by atoms with van der Waals surface area (Å²) in [6.45, 7) is 4.65. The van der Waals surface area contributed by atoms with Gasteiger partial charge in [0.1, 0.15) is 5.82 Å². The van der Waals surface area contributed by atoms with E-state index < -0.39 is 0 Å². The van der Waals surface area contributed by atoms with E-state index in [-0.39, 0.29) is 5.91 Å². The second-order valence-corrected chi connectivity index (χ2v) is 8.65. The first-order valence-electron chi connectivity index (χ1n) is 11.6. The van der Waals surface area contributed by atoms with Crippen molar-refractivity contribution in [3.8, 4) is 11.4 Å². The second-order valence-electron chi connectivity index (χ2n) is 8.20. The molecule has 1 fully saturated rings. The highest BCUT2D eigenvalue weighted by molar-refractivity contribution is 7.80. The summed E-state index contributed by atoms with van der Waals surface area (Å²) in [5.41, 5.74) is 10.2. The third kappa shape index (κ3) is 6.02. The molecule has 1 aliphatic heterocycles. The summed E-state index contributed by atoms with van der Waals surface area (Å²) >= 11 is 4.78. The molecular weight excluding hydrogens is 474 g/mol. The molecule has 5 N–H and O–H groups in total. The average Bonchev–Trinajstić information content (AvgIpc) is 2.87. The number of rotatable bonds is 8. The van der Waals surface area contributed by atoms with Gasteiger partial charge in [-0.15, -0.1) is 12.6 Å². The maximum Gasteiger partial charge on any atom is 0.221 e. The predicted molar refractivity (Wildman–Crippen MR) is 148 cm³/mol. The molecule has 3 aromatic rings. The topological polar surface area (TPSA) is 129 Å². The maximum absolute atomic E-state index is 11.3.